The number of ether oxygens (including phenoxy) is 3. The average Bonchev–Trinajstić information content (AvgIpc) is 2.67. The molecule has 1 aliphatic rings. The highest BCUT2D eigenvalue weighted by Crippen LogP contribution is 2.42. The molecule has 0 fully saturated rings. The van der Waals surface area contributed by atoms with Gasteiger partial charge in [0.25, 0.3) is 0 Å². The number of benzene rings is 1. The molecule has 6 nitrogen and oxygen atoms in total. The lowest BCUT2D eigenvalue weighted by molar-refractivity contribution is -0.141. The molecule has 1 heterocycles. The van der Waals surface area contributed by atoms with Gasteiger partial charge in [0.2, 0.25) is 5.91 Å². The Morgan fingerprint density at radius 2 is 1.82 bits per heavy atom. The quantitative estimate of drug-likeness (QED) is 0.593. The highest BCUT2D eigenvalue weighted by molar-refractivity contribution is 9.10. The first-order chi connectivity index (χ1) is 13.4. The minimum atomic E-state index is -0.433. The van der Waals surface area contributed by atoms with Crippen LogP contribution in [0.25, 0.3) is 0 Å². The molecule has 28 heavy (non-hydrogen) atoms. The summed E-state index contributed by atoms with van der Waals surface area (Å²) in [4.78, 5) is 25.1. The number of carbonyl (C=O) groups is 2. The van der Waals surface area contributed by atoms with Gasteiger partial charge in [-0.3, -0.25) is 4.79 Å². The van der Waals surface area contributed by atoms with E-state index in [-0.39, 0.29) is 12.3 Å². The van der Waals surface area contributed by atoms with Gasteiger partial charge in [0.1, 0.15) is 0 Å². The van der Waals surface area contributed by atoms with Crippen molar-refractivity contribution in [2.24, 2.45) is 5.92 Å². The number of methoxy groups -OCH3 is 2. The van der Waals surface area contributed by atoms with E-state index in [0.717, 1.165) is 22.9 Å². The molecule has 1 amide bonds. The summed E-state index contributed by atoms with van der Waals surface area (Å²) in [6.07, 6.45) is 2.05. The molecule has 0 unspecified atom stereocenters. The lowest BCUT2D eigenvalue weighted by Crippen LogP contribution is -2.34. The fraction of sp³-hybridized carbons (Fsp3) is 0.524. The Kier molecular flexibility index (Phi) is 7.92. The van der Waals surface area contributed by atoms with Crippen LogP contribution >= 0.6 is 15.9 Å². The monoisotopic (exact) mass is 453 g/mol. The number of esters is 1. The molecule has 0 aromatic heterocycles. The van der Waals surface area contributed by atoms with E-state index < -0.39 is 11.9 Å². The summed E-state index contributed by atoms with van der Waals surface area (Å²) in [6, 6.07) is 3.58. The van der Waals surface area contributed by atoms with E-state index in [1.807, 2.05) is 0 Å². The normalized spacial score (nSPS) is 16.8. The number of halogens is 1. The lowest BCUT2D eigenvalue weighted by Gasteiger charge is -2.28. The summed E-state index contributed by atoms with van der Waals surface area (Å²) in [5.41, 5.74) is 1.78. The van der Waals surface area contributed by atoms with Gasteiger partial charge in [-0.1, -0.05) is 42.6 Å². The number of hydrogen-bond acceptors (Lipinski definition) is 5. The van der Waals surface area contributed by atoms with E-state index in [4.69, 9.17) is 14.2 Å². The average molecular weight is 454 g/mol. The molecule has 1 aromatic carbocycles. The summed E-state index contributed by atoms with van der Waals surface area (Å²) >= 11 is 3.55. The molecule has 0 radical (unpaired) electrons. The lowest BCUT2D eigenvalue weighted by atomic mass is 9.84. The molecule has 1 aromatic rings. The Labute approximate surface area is 174 Å². The molecular weight excluding hydrogens is 426 g/mol. The maximum absolute atomic E-state index is 12.9. The van der Waals surface area contributed by atoms with Crippen molar-refractivity contribution in [1.82, 2.24) is 5.32 Å². The van der Waals surface area contributed by atoms with Crippen LogP contribution in [-0.4, -0.2) is 32.7 Å². The standard InChI is InChI=1S/C21H28BrNO5/c1-6-13(7-2)11-28-21(25)20-12(3)23-19(24)9-15(20)14-8-17(26-4)18(27-5)10-16(14)22/h8,10,13,15H,6-7,9,11H2,1-5H3,(H,23,24)/t15-/m0/s1. The van der Waals surface area contributed by atoms with Crippen molar-refractivity contribution in [1.29, 1.82) is 0 Å². The molecule has 7 heteroatoms. The number of hydrogen-bond donors (Lipinski definition) is 1. The second-order valence-electron chi connectivity index (χ2n) is 6.85. The van der Waals surface area contributed by atoms with E-state index in [0.29, 0.717) is 35.3 Å². The van der Waals surface area contributed by atoms with Gasteiger partial charge < -0.3 is 19.5 Å². The van der Waals surface area contributed by atoms with Crippen molar-refractivity contribution in [2.45, 2.75) is 46.0 Å². The Morgan fingerprint density at radius 3 is 2.39 bits per heavy atom. The predicted molar refractivity (Wildman–Crippen MR) is 110 cm³/mol. The number of nitrogens with one attached hydrogen (secondary N) is 1. The van der Waals surface area contributed by atoms with Crippen LogP contribution in [0.3, 0.4) is 0 Å². The fourth-order valence-corrected chi connectivity index (χ4v) is 3.97. The third-order valence-electron chi connectivity index (χ3n) is 5.17. The molecule has 0 aliphatic carbocycles. The summed E-state index contributed by atoms with van der Waals surface area (Å²) in [7, 11) is 3.11. The zero-order valence-electron chi connectivity index (χ0n) is 17.1. The Bertz CT molecular complexity index is 770. The van der Waals surface area contributed by atoms with E-state index in [2.05, 4.69) is 35.1 Å². The van der Waals surface area contributed by atoms with Crippen LogP contribution in [0.5, 0.6) is 11.5 Å². The Balaban J connectivity index is 2.42. The second-order valence-corrected chi connectivity index (χ2v) is 7.71. The highest BCUT2D eigenvalue weighted by Gasteiger charge is 2.34. The van der Waals surface area contributed by atoms with Crippen molar-refractivity contribution in [2.75, 3.05) is 20.8 Å². The molecule has 1 aliphatic heterocycles. The van der Waals surface area contributed by atoms with Crippen LogP contribution in [0.4, 0.5) is 0 Å². The summed E-state index contributed by atoms with van der Waals surface area (Å²) in [5, 5.41) is 2.76. The summed E-state index contributed by atoms with van der Waals surface area (Å²) in [5.74, 6) is 0.467. The van der Waals surface area contributed by atoms with Gasteiger partial charge in [-0.2, -0.15) is 0 Å². The van der Waals surface area contributed by atoms with Crippen molar-refractivity contribution < 1.29 is 23.8 Å². The third kappa shape index (κ3) is 4.87. The Hall–Kier alpha value is -2.02. The topological polar surface area (TPSA) is 73.9 Å². The zero-order valence-corrected chi connectivity index (χ0v) is 18.6. The second kappa shape index (κ2) is 9.96. The number of rotatable bonds is 8. The van der Waals surface area contributed by atoms with Crippen molar-refractivity contribution >= 4 is 27.8 Å². The Morgan fingerprint density at radius 1 is 1.21 bits per heavy atom. The van der Waals surface area contributed by atoms with Crippen LogP contribution in [0.15, 0.2) is 27.9 Å². The molecule has 1 atom stereocenters. The minimum absolute atomic E-state index is 0.138. The summed E-state index contributed by atoms with van der Waals surface area (Å²) < 4.78 is 17.1. The van der Waals surface area contributed by atoms with Gasteiger partial charge in [-0.05, 0) is 30.5 Å². The number of allylic oxidation sites excluding steroid dienone is 1. The van der Waals surface area contributed by atoms with Crippen LogP contribution in [-0.2, 0) is 14.3 Å². The molecule has 0 saturated carbocycles. The molecule has 0 spiro atoms. The van der Waals surface area contributed by atoms with E-state index in [1.54, 1.807) is 33.3 Å². The molecule has 154 valence electrons. The van der Waals surface area contributed by atoms with E-state index >= 15 is 0 Å². The van der Waals surface area contributed by atoms with Gasteiger partial charge in [0.05, 0.1) is 26.4 Å². The highest BCUT2D eigenvalue weighted by atomic mass is 79.9. The minimum Gasteiger partial charge on any atom is -0.493 e. The number of carbonyl (C=O) groups excluding carboxylic acids is 2. The van der Waals surface area contributed by atoms with Gasteiger partial charge in [0.15, 0.2) is 11.5 Å². The molecule has 1 N–H and O–H groups in total. The van der Waals surface area contributed by atoms with Gasteiger partial charge >= 0.3 is 5.97 Å². The van der Waals surface area contributed by atoms with Crippen LogP contribution < -0.4 is 14.8 Å². The van der Waals surface area contributed by atoms with Crippen molar-refractivity contribution in [3.05, 3.63) is 33.4 Å². The summed E-state index contributed by atoms with van der Waals surface area (Å²) in [6.45, 7) is 6.26. The van der Waals surface area contributed by atoms with E-state index in [1.165, 1.54) is 0 Å². The van der Waals surface area contributed by atoms with Gasteiger partial charge in [-0.25, -0.2) is 4.79 Å². The first-order valence-electron chi connectivity index (χ1n) is 9.45. The van der Waals surface area contributed by atoms with Crippen LogP contribution in [0.2, 0.25) is 0 Å². The molecule has 0 bridgehead atoms. The first kappa shape index (κ1) is 22.3. The van der Waals surface area contributed by atoms with Gasteiger partial charge in [0, 0.05) is 22.5 Å². The van der Waals surface area contributed by atoms with Crippen LogP contribution in [0.1, 0.15) is 51.5 Å². The third-order valence-corrected chi connectivity index (χ3v) is 5.86. The van der Waals surface area contributed by atoms with Crippen molar-refractivity contribution in [3.8, 4) is 11.5 Å². The molecule has 2 rings (SSSR count). The SMILES string of the molecule is CCC(CC)COC(=O)C1=C(C)NC(=O)C[C@H]1c1cc(OC)c(OC)cc1Br. The van der Waals surface area contributed by atoms with Crippen LogP contribution in [0, 0.1) is 5.92 Å². The fourth-order valence-electron chi connectivity index (χ4n) is 3.37. The smallest absolute Gasteiger partial charge is 0.336 e. The van der Waals surface area contributed by atoms with Gasteiger partial charge in [-0.15, -0.1) is 0 Å². The first-order valence-corrected chi connectivity index (χ1v) is 10.2. The van der Waals surface area contributed by atoms with E-state index in [9.17, 15) is 9.59 Å². The van der Waals surface area contributed by atoms with Crippen molar-refractivity contribution in [3.63, 3.8) is 0 Å². The predicted octanol–water partition coefficient (Wildman–Crippen LogP) is 4.32. The molecular formula is C21H28BrNO5. The largest absolute Gasteiger partial charge is 0.493 e. The molecule has 0 saturated heterocycles. The zero-order chi connectivity index (χ0) is 20.8. The maximum atomic E-state index is 12.9. The number of amides is 1. The maximum Gasteiger partial charge on any atom is 0.336 e.